The molecule has 0 aromatic carbocycles. The number of ether oxygens (including phenoxy) is 2. The Kier molecular flexibility index (Phi) is 4.87. The van der Waals surface area contributed by atoms with Crippen LogP contribution in [-0.2, 0) is 9.47 Å². The van der Waals surface area contributed by atoms with Gasteiger partial charge in [0, 0.05) is 6.54 Å². The third-order valence-corrected chi connectivity index (χ3v) is 2.25. The molecule has 0 unspecified atom stereocenters. The third kappa shape index (κ3) is 2.85. The lowest BCUT2D eigenvalue weighted by Gasteiger charge is -2.39. The average molecular weight is 223 g/mol. The predicted octanol–water partition coefficient (Wildman–Crippen LogP) is -3.24. The van der Waals surface area contributed by atoms with Gasteiger partial charge in [-0.2, -0.15) is 0 Å². The Labute approximate surface area is 87.0 Å². The molecule has 1 aliphatic rings. The number of rotatable bonds is 4. The van der Waals surface area contributed by atoms with Crippen LogP contribution in [0.2, 0.25) is 0 Å². The lowest BCUT2D eigenvalue weighted by molar-refractivity contribution is -0.300. The van der Waals surface area contributed by atoms with Gasteiger partial charge < -0.3 is 35.6 Å². The summed E-state index contributed by atoms with van der Waals surface area (Å²) in [6, 6.07) is 0. The Morgan fingerprint density at radius 3 is 2.33 bits per heavy atom. The fourth-order valence-electron chi connectivity index (χ4n) is 1.39. The molecule has 0 aliphatic carbocycles. The molecule has 7 nitrogen and oxygen atoms in total. The van der Waals surface area contributed by atoms with E-state index in [2.05, 4.69) is 0 Å². The minimum absolute atomic E-state index is 0.155. The summed E-state index contributed by atoms with van der Waals surface area (Å²) in [7, 11) is 0. The zero-order valence-electron chi connectivity index (χ0n) is 8.19. The first kappa shape index (κ1) is 12.8. The van der Waals surface area contributed by atoms with Gasteiger partial charge >= 0.3 is 0 Å². The van der Waals surface area contributed by atoms with E-state index in [9.17, 15) is 15.3 Å². The molecular weight excluding hydrogens is 206 g/mol. The van der Waals surface area contributed by atoms with Crippen LogP contribution in [0.1, 0.15) is 0 Å². The molecule has 0 radical (unpaired) electrons. The van der Waals surface area contributed by atoms with Gasteiger partial charge in [0.1, 0.15) is 24.4 Å². The molecule has 90 valence electrons. The maximum absolute atomic E-state index is 9.47. The summed E-state index contributed by atoms with van der Waals surface area (Å²) in [6.45, 7) is -0.0643. The number of nitrogens with two attached hydrogens (primary N) is 1. The number of aliphatic hydroxyl groups is 4. The normalized spacial score (nSPS) is 41.8. The molecule has 1 aliphatic heterocycles. The van der Waals surface area contributed by atoms with Crippen molar-refractivity contribution in [2.45, 2.75) is 30.7 Å². The molecule has 0 saturated carbocycles. The summed E-state index contributed by atoms with van der Waals surface area (Å²) in [5.41, 5.74) is 5.20. The smallest absolute Gasteiger partial charge is 0.186 e. The van der Waals surface area contributed by atoms with Gasteiger partial charge in [-0.3, -0.25) is 0 Å². The van der Waals surface area contributed by atoms with Crippen LogP contribution in [0.15, 0.2) is 0 Å². The van der Waals surface area contributed by atoms with Crippen molar-refractivity contribution in [1.29, 1.82) is 0 Å². The standard InChI is InChI=1S/C8H17NO6/c9-1-2-14-8-7(13)6(12)5(11)4(3-10)15-8/h4-8,10-13H,1-3,9H2/t4-,5-,6+,7+,8+/m1/s1. The molecule has 1 saturated heterocycles. The van der Waals surface area contributed by atoms with E-state index in [4.69, 9.17) is 20.3 Å². The maximum Gasteiger partial charge on any atom is 0.186 e. The summed E-state index contributed by atoms with van der Waals surface area (Å²) in [6.07, 6.45) is -6.13. The SMILES string of the molecule is NCCO[C@H]1O[C@H](CO)[C@@H](O)[C@H](O)[C@@H]1O. The summed E-state index contributed by atoms with van der Waals surface area (Å²) in [5, 5.41) is 37.1. The first-order chi connectivity index (χ1) is 7.11. The molecule has 0 spiro atoms. The van der Waals surface area contributed by atoms with Crippen LogP contribution in [0.25, 0.3) is 0 Å². The maximum atomic E-state index is 9.47. The Bertz CT molecular complexity index is 190. The van der Waals surface area contributed by atoms with Gasteiger partial charge in [0.2, 0.25) is 0 Å². The van der Waals surface area contributed by atoms with Crippen LogP contribution in [0.5, 0.6) is 0 Å². The van der Waals surface area contributed by atoms with Crippen molar-refractivity contribution >= 4 is 0 Å². The van der Waals surface area contributed by atoms with Crippen LogP contribution >= 0.6 is 0 Å². The van der Waals surface area contributed by atoms with Crippen LogP contribution in [0, 0.1) is 0 Å². The zero-order chi connectivity index (χ0) is 11.4. The second-order valence-corrected chi connectivity index (χ2v) is 3.36. The van der Waals surface area contributed by atoms with Crippen molar-refractivity contribution in [1.82, 2.24) is 0 Å². The second kappa shape index (κ2) is 5.71. The van der Waals surface area contributed by atoms with E-state index < -0.39 is 37.3 Å². The molecule has 0 aromatic heterocycles. The van der Waals surface area contributed by atoms with Crippen LogP contribution < -0.4 is 5.73 Å². The van der Waals surface area contributed by atoms with E-state index in [0.717, 1.165) is 0 Å². The summed E-state index contributed by atoms with van der Waals surface area (Å²) in [4.78, 5) is 0. The highest BCUT2D eigenvalue weighted by Gasteiger charge is 2.43. The number of hydrogen-bond donors (Lipinski definition) is 5. The lowest BCUT2D eigenvalue weighted by atomic mass is 9.99. The second-order valence-electron chi connectivity index (χ2n) is 3.36. The minimum atomic E-state index is -1.40. The van der Waals surface area contributed by atoms with E-state index in [1.165, 1.54) is 0 Å². The summed E-state index contributed by atoms with van der Waals surface area (Å²) in [5.74, 6) is 0. The molecule has 5 atom stereocenters. The van der Waals surface area contributed by atoms with Gasteiger partial charge in [-0.05, 0) is 0 Å². The average Bonchev–Trinajstić information content (AvgIpc) is 2.25. The van der Waals surface area contributed by atoms with Crippen molar-refractivity contribution in [2.75, 3.05) is 19.8 Å². The monoisotopic (exact) mass is 223 g/mol. The van der Waals surface area contributed by atoms with Crippen LogP contribution in [0.3, 0.4) is 0 Å². The molecule has 6 N–H and O–H groups in total. The Balaban J connectivity index is 2.57. The van der Waals surface area contributed by atoms with Crippen LogP contribution in [0.4, 0.5) is 0 Å². The van der Waals surface area contributed by atoms with E-state index >= 15 is 0 Å². The molecular formula is C8H17NO6. The van der Waals surface area contributed by atoms with Gasteiger partial charge in [0.05, 0.1) is 13.2 Å². The molecule has 0 bridgehead atoms. The third-order valence-electron chi connectivity index (χ3n) is 2.25. The molecule has 15 heavy (non-hydrogen) atoms. The zero-order valence-corrected chi connectivity index (χ0v) is 8.19. The van der Waals surface area contributed by atoms with Crippen molar-refractivity contribution in [3.63, 3.8) is 0 Å². The topological polar surface area (TPSA) is 125 Å². The van der Waals surface area contributed by atoms with E-state index in [-0.39, 0.29) is 13.2 Å². The lowest BCUT2D eigenvalue weighted by Crippen LogP contribution is -2.59. The van der Waals surface area contributed by atoms with E-state index in [1.807, 2.05) is 0 Å². The van der Waals surface area contributed by atoms with Crippen molar-refractivity contribution in [3.8, 4) is 0 Å². The molecule has 0 aromatic rings. The Morgan fingerprint density at radius 2 is 1.80 bits per heavy atom. The number of hydrogen-bond acceptors (Lipinski definition) is 7. The number of aliphatic hydroxyl groups excluding tert-OH is 4. The molecule has 1 rings (SSSR count). The molecule has 1 heterocycles. The molecule has 0 amide bonds. The van der Waals surface area contributed by atoms with Gasteiger partial charge in [-0.1, -0.05) is 0 Å². The minimum Gasteiger partial charge on any atom is -0.394 e. The fraction of sp³-hybridized carbons (Fsp3) is 1.00. The Hall–Kier alpha value is -0.280. The largest absolute Gasteiger partial charge is 0.394 e. The summed E-state index contributed by atoms with van der Waals surface area (Å²) < 4.78 is 10.1. The van der Waals surface area contributed by atoms with E-state index in [1.54, 1.807) is 0 Å². The highest BCUT2D eigenvalue weighted by atomic mass is 16.7. The van der Waals surface area contributed by atoms with Gasteiger partial charge in [-0.15, -0.1) is 0 Å². The van der Waals surface area contributed by atoms with Crippen molar-refractivity contribution in [3.05, 3.63) is 0 Å². The van der Waals surface area contributed by atoms with Gasteiger partial charge in [0.15, 0.2) is 6.29 Å². The fourth-order valence-corrected chi connectivity index (χ4v) is 1.39. The first-order valence-electron chi connectivity index (χ1n) is 4.74. The quantitative estimate of drug-likeness (QED) is 0.339. The van der Waals surface area contributed by atoms with E-state index in [0.29, 0.717) is 0 Å². The van der Waals surface area contributed by atoms with Crippen LogP contribution in [-0.4, -0.2) is 70.9 Å². The van der Waals surface area contributed by atoms with Gasteiger partial charge in [-0.25, -0.2) is 0 Å². The highest BCUT2D eigenvalue weighted by molar-refractivity contribution is 4.88. The van der Waals surface area contributed by atoms with Crippen molar-refractivity contribution < 1.29 is 29.9 Å². The summed E-state index contributed by atoms with van der Waals surface area (Å²) >= 11 is 0. The van der Waals surface area contributed by atoms with Crippen molar-refractivity contribution in [2.24, 2.45) is 5.73 Å². The highest BCUT2D eigenvalue weighted by Crippen LogP contribution is 2.21. The predicted molar refractivity (Wildman–Crippen MR) is 48.8 cm³/mol. The Morgan fingerprint density at radius 1 is 1.13 bits per heavy atom. The van der Waals surface area contributed by atoms with Gasteiger partial charge in [0.25, 0.3) is 0 Å². The molecule has 7 heteroatoms. The molecule has 1 fully saturated rings. The first-order valence-corrected chi connectivity index (χ1v) is 4.74.